The van der Waals surface area contributed by atoms with Crippen LogP contribution in [0.15, 0.2) is 57.1 Å². The number of sulfonamides is 1. The normalized spacial score (nSPS) is 15.4. The third-order valence-electron chi connectivity index (χ3n) is 5.28. The van der Waals surface area contributed by atoms with Crippen molar-refractivity contribution in [1.82, 2.24) is 9.13 Å². The number of hydrogen-bond donors (Lipinski definition) is 1. The van der Waals surface area contributed by atoms with Crippen molar-refractivity contribution < 1.29 is 8.42 Å². The van der Waals surface area contributed by atoms with Crippen molar-refractivity contribution in [3.8, 4) is 0 Å². The van der Waals surface area contributed by atoms with E-state index in [2.05, 4.69) is 4.72 Å². The number of rotatable bonds is 5. The van der Waals surface area contributed by atoms with Crippen LogP contribution in [0.4, 0.5) is 5.69 Å². The topological polar surface area (TPSA) is 73.1 Å². The summed E-state index contributed by atoms with van der Waals surface area (Å²) in [5.41, 5.74) is 1.70. The molecular formula is C20H23N3O3S2. The standard InChI is InChI=1S/C20H23N3O3S2/c1-22-17-12-11-15(13-18(17)23(2)20(22)24)28(25,26)21-16-9-5-6-10-19(16)27-14-7-3-4-8-14/h5-6,9-14,21H,3-4,7-8H2,1-2H3. The molecule has 1 heterocycles. The van der Waals surface area contributed by atoms with E-state index >= 15 is 0 Å². The number of benzene rings is 2. The number of fused-ring (bicyclic) bond motifs is 1. The second-order valence-corrected chi connectivity index (χ2v) is 10.2. The molecule has 1 aromatic heterocycles. The number of para-hydroxylation sites is 1. The Hall–Kier alpha value is -2.19. The maximum atomic E-state index is 13.0. The monoisotopic (exact) mass is 417 g/mol. The Kier molecular flexibility index (Phi) is 5.01. The lowest BCUT2D eigenvalue weighted by molar-refractivity contribution is 0.601. The number of anilines is 1. The molecule has 0 amide bonds. The molecule has 1 aliphatic carbocycles. The van der Waals surface area contributed by atoms with E-state index in [1.165, 1.54) is 40.9 Å². The van der Waals surface area contributed by atoms with E-state index < -0.39 is 10.0 Å². The van der Waals surface area contributed by atoms with E-state index in [9.17, 15) is 13.2 Å². The minimum atomic E-state index is -3.77. The molecule has 6 nitrogen and oxygen atoms in total. The molecule has 4 rings (SSSR count). The van der Waals surface area contributed by atoms with E-state index in [1.54, 1.807) is 44.1 Å². The summed E-state index contributed by atoms with van der Waals surface area (Å²) in [6, 6.07) is 12.3. The molecule has 0 radical (unpaired) electrons. The van der Waals surface area contributed by atoms with Gasteiger partial charge >= 0.3 is 5.69 Å². The highest BCUT2D eigenvalue weighted by molar-refractivity contribution is 8.00. The van der Waals surface area contributed by atoms with Crippen molar-refractivity contribution in [3.63, 3.8) is 0 Å². The fourth-order valence-electron chi connectivity index (χ4n) is 3.70. The maximum Gasteiger partial charge on any atom is 0.328 e. The summed E-state index contributed by atoms with van der Waals surface area (Å²) in [5, 5.41) is 0.542. The number of nitrogens with one attached hydrogen (secondary N) is 1. The third kappa shape index (κ3) is 3.46. The van der Waals surface area contributed by atoms with Crippen molar-refractivity contribution in [2.75, 3.05) is 4.72 Å². The highest BCUT2D eigenvalue weighted by Crippen LogP contribution is 2.38. The molecule has 1 saturated carbocycles. The first-order valence-electron chi connectivity index (χ1n) is 9.31. The smallest absolute Gasteiger partial charge is 0.295 e. The molecule has 28 heavy (non-hydrogen) atoms. The van der Waals surface area contributed by atoms with Crippen LogP contribution in [0.2, 0.25) is 0 Å². The first-order valence-corrected chi connectivity index (χ1v) is 11.7. The molecule has 1 fully saturated rings. The number of thioether (sulfide) groups is 1. The summed E-state index contributed by atoms with van der Waals surface area (Å²) in [4.78, 5) is 13.2. The number of hydrogen-bond acceptors (Lipinski definition) is 4. The Morgan fingerprint density at radius 1 is 1.00 bits per heavy atom. The van der Waals surface area contributed by atoms with Crippen molar-refractivity contribution in [3.05, 3.63) is 52.9 Å². The zero-order valence-electron chi connectivity index (χ0n) is 15.9. The van der Waals surface area contributed by atoms with Gasteiger partial charge in [0.2, 0.25) is 0 Å². The van der Waals surface area contributed by atoms with E-state index in [1.807, 2.05) is 18.2 Å². The van der Waals surface area contributed by atoms with Crippen LogP contribution in [-0.2, 0) is 24.1 Å². The fraction of sp³-hybridized carbons (Fsp3) is 0.350. The van der Waals surface area contributed by atoms with Gasteiger partial charge in [0.05, 0.1) is 21.6 Å². The van der Waals surface area contributed by atoms with E-state index in [4.69, 9.17) is 0 Å². The van der Waals surface area contributed by atoms with Crippen LogP contribution in [0.25, 0.3) is 11.0 Å². The Morgan fingerprint density at radius 2 is 1.68 bits per heavy atom. The van der Waals surface area contributed by atoms with Crippen molar-refractivity contribution in [2.24, 2.45) is 14.1 Å². The van der Waals surface area contributed by atoms with Crippen LogP contribution in [0.3, 0.4) is 0 Å². The van der Waals surface area contributed by atoms with Gasteiger partial charge in [-0.2, -0.15) is 0 Å². The predicted octanol–water partition coefficient (Wildman–Crippen LogP) is 3.71. The molecular weight excluding hydrogens is 394 g/mol. The highest BCUT2D eigenvalue weighted by atomic mass is 32.2. The second kappa shape index (κ2) is 7.33. The van der Waals surface area contributed by atoms with Crippen LogP contribution in [0.5, 0.6) is 0 Å². The zero-order chi connectivity index (χ0) is 19.9. The van der Waals surface area contributed by atoms with Gasteiger partial charge in [-0.15, -0.1) is 11.8 Å². The average molecular weight is 418 g/mol. The molecule has 0 atom stereocenters. The van der Waals surface area contributed by atoms with Gasteiger partial charge in [-0.1, -0.05) is 25.0 Å². The second-order valence-electron chi connectivity index (χ2n) is 7.18. The minimum Gasteiger partial charge on any atom is -0.295 e. The van der Waals surface area contributed by atoms with Crippen LogP contribution in [-0.4, -0.2) is 22.8 Å². The summed E-state index contributed by atoms with van der Waals surface area (Å²) in [6.45, 7) is 0. The lowest BCUT2D eigenvalue weighted by Crippen LogP contribution is -2.19. The van der Waals surface area contributed by atoms with Crippen LogP contribution >= 0.6 is 11.8 Å². The molecule has 8 heteroatoms. The zero-order valence-corrected chi connectivity index (χ0v) is 17.5. The SMILES string of the molecule is Cn1c(=O)n(C)c2cc(S(=O)(=O)Nc3ccccc3SC3CCCC3)ccc21. The summed E-state index contributed by atoms with van der Waals surface area (Å²) in [7, 11) is -0.454. The quantitative estimate of drug-likeness (QED) is 0.687. The summed E-state index contributed by atoms with van der Waals surface area (Å²) in [6.07, 6.45) is 4.82. The molecule has 0 bridgehead atoms. The van der Waals surface area contributed by atoms with Gasteiger partial charge in [-0.25, -0.2) is 13.2 Å². The van der Waals surface area contributed by atoms with E-state index in [0.717, 1.165) is 4.90 Å². The predicted molar refractivity (Wildman–Crippen MR) is 114 cm³/mol. The average Bonchev–Trinajstić information content (AvgIpc) is 3.26. The van der Waals surface area contributed by atoms with Crippen LogP contribution < -0.4 is 10.4 Å². The first-order chi connectivity index (χ1) is 13.4. The molecule has 3 aromatic rings. The van der Waals surface area contributed by atoms with Gasteiger partial charge in [0.25, 0.3) is 10.0 Å². The van der Waals surface area contributed by atoms with Gasteiger partial charge in [-0.05, 0) is 43.2 Å². The van der Waals surface area contributed by atoms with E-state index in [-0.39, 0.29) is 10.6 Å². The Balaban J connectivity index is 1.67. The van der Waals surface area contributed by atoms with Crippen LogP contribution in [0, 0.1) is 0 Å². The van der Waals surface area contributed by atoms with Crippen LogP contribution in [0.1, 0.15) is 25.7 Å². The maximum absolute atomic E-state index is 13.0. The number of imidazole rings is 1. The van der Waals surface area contributed by atoms with Crippen molar-refractivity contribution in [1.29, 1.82) is 0 Å². The summed E-state index contributed by atoms with van der Waals surface area (Å²) in [5.74, 6) is 0. The molecule has 0 spiro atoms. The Morgan fingerprint density at radius 3 is 2.43 bits per heavy atom. The molecule has 1 N–H and O–H groups in total. The molecule has 0 unspecified atom stereocenters. The molecule has 2 aromatic carbocycles. The minimum absolute atomic E-state index is 0.141. The number of nitrogens with zero attached hydrogens (tertiary/aromatic N) is 2. The first kappa shape index (κ1) is 19.1. The van der Waals surface area contributed by atoms with Gasteiger partial charge in [-0.3, -0.25) is 13.9 Å². The van der Waals surface area contributed by atoms with E-state index in [0.29, 0.717) is 22.0 Å². The lowest BCUT2D eigenvalue weighted by Gasteiger charge is -2.15. The van der Waals surface area contributed by atoms with Crippen molar-refractivity contribution in [2.45, 2.75) is 40.7 Å². The molecule has 0 aliphatic heterocycles. The third-order valence-corrected chi connectivity index (χ3v) is 8.06. The Labute approximate surface area is 168 Å². The highest BCUT2D eigenvalue weighted by Gasteiger charge is 2.21. The Bertz CT molecular complexity index is 1190. The largest absolute Gasteiger partial charge is 0.328 e. The van der Waals surface area contributed by atoms with Gasteiger partial charge in [0, 0.05) is 24.2 Å². The molecule has 0 saturated heterocycles. The summed E-state index contributed by atoms with van der Waals surface area (Å²) >= 11 is 1.75. The number of aryl methyl sites for hydroxylation is 2. The lowest BCUT2D eigenvalue weighted by atomic mass is 10.3. The van der Waals surface area contributed by atoms with Crippen molar-refractivity contribution >= 4 is 38.5 Å². The van der Waals surface area contributed by atoms with Gasteiger partial charge in [0.1, 0.15) is 0 Å². The number of aromatic nitrogens is 2. The van der Waals surface area contributed by atoms with Gasteiger partial charge in [0.15, 0.2) is 0 Å². The summed E-state index contributed by atoms with van der Waals surface area (Å²) < 4.78 is 31.7. The van der Waals surface area contributed by atoms with Gasteiger partial charge < -0.3 is 0 Å². The fourth-order valence-corrected chi connectivity index (χ4v) is 6.19. The molecule has 1 aliphatic rings. The molecule has 148 valence electrons.